The maximum atomic E-state index is 11.2. The Hall–Kier alpha value is -1.00. The third kappa shape index (κ3) is 2.27. The summed E-state index contributed by atoms with van der Waals surface area (Å²) in [7, 11) is 0. The molecule has 1 rings (SSSR count). The van der Waals surface area contributed by atoms with Crippen molar-refractivity contribution in [3.05, 3.63) is 34.3 Å². The summed E-state index contributed by atoms with van der Waals surface area (Å²) in [5.41, 5.74) is 0.410. The topological polar surface area (TPSA) is 54.4 Å². The molecule has 0 radical (unpaired) electrons. The molecule has 0 bridgehead atoms. The number of aliphatic hydroxyl groups is 1. The van der Waals surface area contributed by atoms with Crippen LogP contribution in [0.2, 0.25) is 0 Å². The van der Waals surface area contributed by atoms with E-state index in [1.54, 1.807) is 24.3 Å². The first-order chi connectivity index (χ1) is 6.54. The van der Waals surface area contributed by atoms with Crippen molar-refractivity contribution >= 4 is 27.5 Å². The van der Waals surface area contributed by atoms with Crippen molar-refractivity contribution in [3.63, 3.8) is 0 Å². The summed E-state index contributed by atoms with van der Waals surface area (Å²) in [5, 5.41) is 9.54. The molecule has 1 aromatic rings. The highest BCUT2D eigenvalue weighted by Gasteiger charge is 2.22. The zero-order valence-electron chi connectivity index (χ0n) is 7.53. The van der Waals surface area contributed by atoms with Crippen LogP contribution < -0.4 is 0 Å². The fourth-order valence-corrected chi connectivity index (χ4v) is 1.53. The van der Waals surface area contributed by atoms with E-state index >= 15 is 0 Å². The largest absolute Gasteiger partial charge is 0.380 e. The predicted molar refractivity (Wildman–Crippen MR) is 54.8 cm³/mol. The van der Waals surface area contributed by atoms with Gasteiger partial charge in [-0.15, -0.1) is 0 Å². The second kappa shape index (κ2) is 4.48. The Morgan fingerprint density at radius 3 is 2.43 bits per heavy atom. The van der Waals surface area contributed by atoms with Crippen molar-refractivity contribution in [1.29, 1.82) is 0 Å². The number of rotatable bonds is 3. The van der Waals surface area contributed by atoms with Gasteiger partial charge in [-0.3, -0.25) is 9.59 Å². The smallest absolute Gasteiger partial charge is 0.231 e. The highest BCUT2D eigenvalue weighted by molar-refractivity contribution is 9.10. The van der Waals surface area contributed by atoms with Gasteiger partial charge in [-0.1, -0.05) is 34.1 Å². The van der Waals surface area contributed by atoms with E-state index in [0.29, 0.717) is 10.0 Å². The maximum absolute atomic E-state index is 11.2. The molecule has 0 spiro atoms. The second-order valence-corrected chi connectivity index (χ2v) is 3.70. The Kier molecular flexibility index (Phi) is 3.55. The van der Waals surface area contributed by atoms with Crippen molar-refractivity contribution in [3.8, 4) is 0 Å². The molecule has 0 amide bonds. The molecule has 14 heavy (non-hydrogen) atoms. The lowest BCUT2D eigenvalue weighted by atomic mass is 10.0. The van der Waals surface area contributed by atoms with Crippen molar-refractivity contribution in [2.45, 2.75) is 13.0 Å². The molecule has 3 nitrogen and oxygen atoms in total. The first-order valence-corrected chi connectivity index (χ1v) is 4.80. The van der Waals surface area contributed by atoms with Crippen LogP contribution in [0.1, 0.15) is 18.6 Å². The average Bonchev–Trinajstić information content (AvgIpc) is 2.16. The molecule has 0 heterocycles. The van der Waals surface area contributed by atoms with Gasteiger partial charge in [-0.05, 0) is 6.07 Å². The van der Waals surface area contributed by atoms with Gasteiger partial charge in [0.25, 0.3) is 0 Å². The second-order valence-electron chi connectivity index (χ2n) is 2.84. The van der Waals surface area contributed by atoms with Crippen LogP contribution in [-0.2, 0) is 9.59 Å². The van der Waals surface area contributed by atoms with Crippen LogP contribution in [0.15, 0.2) is 28.7 Å². The summed E-state index contributed by atoms with van der Waals surface area (Å²) in [6.45, 7) is 1.14. The van der Waals surface area contributed by atoms with Crippen molar-refractivity contribution < 1.29 is 14.7 Å². The zero-order valence-corrected chi connectivity index (χ0v) is 9.11. The number of Topliss-reactive ketones (excluding diaryl/α,β-unsaturated/α-hetero) is 2. The van der Waals surface area contributed by atoms with Gasteiger partial charge in [0.15, 0.2) is 5.78 Å². The van der Waals surface area contributed by atoms with Gasteiger partial charge in [0.1, 0.15) is 6.10 Å². The number of aliphatic hydroxyl groups excluding tert-OH is 1. The van der Waals surface area contributed by atoms with Crippen LogP contribution in [-0.4, -0.2) is 16.7 Å². The number of carbonyl (C=O) groups excluding carboxylic acids is 2. The van der Waals surface area contributed by atoms with Gasteiger partial charge in [-0.2, -0.15) is 0 Å². The van der Waals surface area contributed by atoms with Crippen molar-refractivity contribution in [1.82, 2.24) is 0 Å². The van der Waals surface area contributed by atoms with E-state index in [1.165, 1.54) is 0 Å². The number of hydrogen-bond acceptors (Lipinski definition) is 3. The van der Waals surface area contributed by atoms with Gasteiger partial charge in [0, 0.05) is 17.0 Å². The SMILES string of the molecule is CC(=O)C(=O)C(O)c1ccccc1Br. The molecule has 0 aliphatic heterocycles. The van der Waals surface area contributed by atoms with Gasteiger partial charge in [0.2, 0.25) is 5.78 Å². The van der Waals surface area contributed by atoms with E-state index in [1.807, 2.05) is 0 Å². The summed E-state index contributed by atoms with van der Waals surface area (Å²) in [6.07, 6.45) is -1.37. The van der Waals surface area contributed by atoms with Crippen LogP contribution >= 0.6 is 15.9 Å². The minimum Gasteiger partial charge on any atom is -0.380 e. The average molecular weight is 257 g/mol. The Morgan fingerprint density at radius 2 is 1.93 bits per heavy atom. The summed E-state index contributed by atoms with van der Waals surface area (Å²) in [4.78, 5) is 21.9. The lowest BCUT2D eigenvalue weighted by Gasteiger charge is -2.09. The lowest BCUT2D eigenvalue weighted by molar-refractivity contribution is -0.140. The fourth-order valence-electron chi connectivity index (χ4n) is 1.03. The van der Waals surface area contributed by atoms with E-state index in [-0.39, 0.29) is 0 Å². The van der Waals surface area contributed by atoms with Gasteiger partial charge in [-0.25, -0.2) is 0 Å². The molecule has 1 aromatic carbocycles. The summed E-state index contributed by atoms with van der Waals surface area (Å²) in [6, 6.07) is 6.75. The van der Waals surface area contributed by atoms with Gasteiger partial charge >= 0.3 is 0 Å². The monoisotopic (exact) mass is 256 g/mol. The van der Waals surface area contributed by atoms with Crippen LogP contribution in [0.5, 0.6) is 0 Å². The molecule has 4 heteroatoms. The van der Waals surface area contributed by atoms with E-state index in [0.717, 1.165) is 6.92 Å². The normalized spacial score (nSPS) is 12.2. The Morgan fingerprint density at radius 1 is 1.36 bits per heavy atom. The quantitative estimate of drug-likeness (QED) is 0.837. The standard InChI is InChI=1S/C10H9BrO3/c1-6(12)9(13)10(14)7-4-2-3-5-8(7)11/h2-5,10,14H,1H3. The molecular weight excluding hydrogens is 248 g/mol. The Bertz CT molecular complexity index is 373. The molecule has 0 fully saturated rings. The zero-order chi connectivity index (χ0) is 10.7. The minimum atomic E-state index is -1.37. The molecular formula is C10H9BrO3. The third-order valence-electron chi connectivity index (χ3n) is 1.80. The molecule has 1 unspecified atom stereocenters. The van der Waals surface area contributed by atoms with Crippen LogP contribution in [0.25, 0.3) is 0 Å². The molecule has 0 aliphatic rings. The summed E-state index contributed by atoms with van der Waals surface area (Å²) in [5.74, 6) is -1.44. The fraction of sp³-hybridized carbons (Fsp3) is 0.200. The van der Waals surface area contributed by atoms with E-state index in [2.05, 4.69) is 15.9 Å². The third-order valence-corrected chi connectivity index (χ3v) is 2.52. The molecule has 1 N–H and O–H groups in total. The first-order valence-electron chi connectivity index (χ1n) is 4.01. The number of ketones is 2. The Labute approximate surface area is 89.9 Å². The van der Waals surface area contributed by atoms with Crippen LogP contribution in [0, 0.1) is 0 Å². The molecule has 74 valence electrons. The molecule has 0 aliphatic carbocycles. The molecule has 0 saturated carbocycles. The number of halogens is 1. The summed E-state index contributed by atoms with van der Waals surface area (Å²) >= 11 is 3.19. The summed E-state index contributed by atoms with van der Waals surface area (Å²) < 4.78 is 0.613. The maximum Gasteiger partial charge on any atom is 0.231 e. The number of carbonyl (C=O) groups is 2. The van der Waals surface area contributed by atoms with E-state index < -0.39 is 17.7 Å². The predicted octanol–water partition coefficient (Wildman–Crippen LogP) is 1.64. The Balaban J connectivity index is 3.01. The van der Waals surface area contributed by atoms with Crippen molar-refractivity contribution in [2.75, 3.05) is 0 Å². The first kappa shape index (κ1) is 11.1. The van der Waals surface area contributed by atoms with Crippen LogP contribution in [0.4, 0.5) is 0 Å². The highest BCUT2D eigenvalue weighted by atomic mass is 79.9. The molecule has 0 aromatic heterocycles. The van der Waals surface area contributed by atoms with E-state index in [4.69, 9.17) is 0 Å². The van der Waals surface area contributed by atoms with E-state index in [9.17, 15) is 14.7 Å². The molecule has 1 atom stereocenters. The lowest BCUT2D eigenvalue weighted by Crippen LogP contribution is -2.19. The molecule has 0 saturated heterocycles. The number of hydrogen-bond donors (Lipinski definition) is 1. The minimum absolute atomic E-state index is 0.410. The van der Waals surface area contributed by atoms with Crippen LogP contribution in [0.3, 0.4) is 0 Å². The van der Waals surface area contributed by atoms with Crippen molar-refractivity contribution in [2.24, 2.45) is 0 Å². The van der Waals surface area contributed by atoms with Gasteiger partial charge in [0.05, 0.1) is 0 Å². The van der Waals surface area contributed by atoms with Gasteiger partial charge < -0.3 is 5.11 Å². The highest BCUT2D eigenvalue weighted by Crippen LogP contribution is 2.23. The number of benzene rings is 1.